The van der Waals surface area contributed by atoms with Gasteiger partial charge in [0.25, 0.3) is 5.91 Å². The number of carbonyl (C=O) groups is 1. The number of methoxy groups -OCH3 is 1. The number of ether oxygens (including phenoxy) is 2. The molecule has 0 bridgehead atoms. The van der Waals surface area contributed by atoms with Gasteiger partial charge in [-0.3, -0.25) is 9.69 Å². The van der Waals surface area contributed by atoms with E-state index < -0.39 is 0 Å². The van der Waals surface area contributed by atoms with E-state index in [4.69, 9.17) is 30.5 Å². The highest BCUT2D eigenvalue weighted by Gasteiger charge is 2.25. The fourth-order valence-corrected chi connectivity index (χ4v) is 4.73. The smallest absolute Gasteiger partial charge is 0.260 e. The first-order valence-corrected chi connectivity index (χ1v) is 11.6. The maximum atomic E-state index is 13.7. The number of hydrogen-bond acceptors (Lipinski definition) is 6. The molecule has 0 saturated carbocycles. The first kappa shape index (κ1) is 22.0. The van der Waals surface area contributed by atoms with Gasteiger partial charge in [0, 0.05) is 5.56 Å². The molecule has 0 aliphatic carbocycles. The van der Waals surface area contributed by atoms with Gasteiger partial charge in [-0.25, -0.2) is 4.98 Å². The first-order chi connectivity index (χ1) is 16.6. The van der Waals surface area contributed by atoms with Crippen molar-refractivity contribution < 1.29 is 18.7 Å². The van der Waals surface area contributed by atoms with Crippen LogP contribution in [0, 0.1) is 0 Å². The van der Waals surface area contributed by atoms with Crippen LogP contribution in [-0.4, -0.2) is 18.0 Å². The lowest BCUT2D eigenvalue weighted by Gasteiger charge is -2.19. The van der Waals surface area contributed by atoms with Crippen molar-refractivity contribution in [2.24, 2.45) is 0 Å². The fourth-order valence-electron chi connectivity index (χ4n) is 3.48. The van der Waals surface area contributed by atoms with Crippen LogP contribution in [0.5, 0.6) is 17.2 Å². The highest BCUT2D eigenvalue weighted by molar-refractivity contribution is 7.23. The van der Waals surface area contributed by atoms with E-state index >= 15 is 0 Å². The number of carbonyl (C=O) groups excluding carboxylic acids is 1. The van der Waals surface area contributed by atoms with Crippen LogP contribution in [0.25, 0.3) is 10.2 Å². The Morgan fingerprint density at radius 1 is 1.03 bits per heavy atom. The van der Waals surface area contributed by atoms with Crippen molar-refractivity contribution in [2.75, 3.05) is 12.0 Å². The number of furan rings is 1. The number of nitrogens with zero attached hydrogens (tertiary/aromatic N) is 2. The SMILES string of the molecule is COc1ccc(Cl)c2sc(N(Cc3ccco3)C(=O)c3cccc(Oc4ccccc4)c3)nc12. The van der Waals surface area contributed by atoms with Gasteiger partial charge in [-0.15, -0.1) is 0 Å². The number of fused-ring (bicyclic) bond motifs is 1. The Morgan fingerprint density at radius 3 is 2.62 bits per heavy atom. The minimum absolute atomic E-state index is 0.204. The van der Waals surface area contributed by atoms with Crippen molar-refractivity contribution in [1.29, 1.82) is 0 Å². The molecule has 0 saturated heterocycles. The summed E-state index contributed by atoms with van der Waals surface area (Å²) in [7, 11) is 1.58. The fraction of sp³-hybridized carbons (Fsp3) is 0.0769. The van der Waals surface area contributed by atoms with Gasteiger partial charge in [0.1, 0.15) is 28.5 Å². The molecule has 34 heavy (non-hydrogen) atoms. The Bertz CT molecular complexity index is 1430. The molecule has 0 atom stereocenters. The molecule has 8 heteroatoms. The third kappa shape index (κ3) is 4.48. The molecule has 0 N–H and O–H groups in total. The predicted molar refractivity (Wildman–Crippen MR) is 133 cm³/mol. The molecule has 0 unspecified atom stereocenters. The third-order valence-electron chi connectivity index (χ3n) is 5.10. The molecule has 0 aliphatic rings. The van der Waals surface area contributed by atoms with E-state index in [9.17, 15) is 4.79 Å². The molecular weight excluding hydrogens is 472 g/mol. The van der Waals surface area contributed by atoms with Crippen molar-refractivity contribution in [2.45, 2.75) is 6.54 Å². The van der Waals surface area contributed by atoms with E-state index in [-0.39, 0.29) is 12.5 Å². The summed E-state index contributed by atoms with van der Waals surface area (Å²) in [5.41, 5.74) is 1.06. The lowest BCUT2D eigenvalue weighted by atomic mass is 10.2. The summed E-state index contributed by atoms with van der Waals surface area (Å²) in [5, 5.41) is 1.03. The number of rotatable bonds is 7. The van der Waals surface area contributed by atoms with E-state index in [1.807, 2.05) is 42.5 Å². The van der Waals surface area contributed by atoms with Crippen LogP contribution in [0.2, 0.25) is 5.02 Å². The summed E-state index contributed by atoms with van der Waals surface area (Å²) in [6.45, 7) is 0.204. The summed E-state index contributed by atoms with van der Waals surface area (Å²) in [4.78, 5) is 20.0. The molecule has 1 amide bonds. The molecule has 3 aromatic carbocycles. The van der Waals surface area contributed by atoms with Crippen molar-refractivity contribution in [3.8, 4) is 17.2 Å². The summed E-state index contributed by atoms with van der Waals surface area (Å²) < 4.78 is 17.6. The Labute approximate surface area is 204 Å². The maximum absolute atomic E-state index is 13.7. The molecule has 0 radical (unpaired) electrons. The molecular formula is C26H19ClN2O4S. The third-order valence-corrected chi connectivity index (χ3v) is 6.64. The maximum Gasteiger partial charge on any atom is 0.260 e. The van der Waals surface area contributed by atoms with Crippen molar-refractivity contribution in [3.63, 3.8) is 0 Å². The number of hydrogen-bond donors (Lipinski definition) is 0. The lowest BCUT2D eigenvalue weighted by Crippen LogP contribution is -2.30. The molecule has 5 aromatic rings. The monoisotopic (exact) mass is 490 g/mol. The van der Waals surface area contributed by atoms with E-state index in [1.165, 1.54) is 11.3 Å². The standard InChI is InChI=1S/C26H19ClN2O4S/c1-31-22-13-12-21(27)24-23(22)28-26(34-24)29(16-20-11-6-14-32-20)25(30)17-7-5-10-19(15-17)33-18-8-3-2-4-9-18/h2-15H,16H2,1H3. The molecule has 0 spiro atoms. The Hall–Kier alpha value is -3.81. The van der Waals surface area contributed by atoms with Gasteiger partial charge < -0.3 is 13.9 Å². The van der Waals surface area contributed by atoms with Gasteiger partial charge in [0.05, 0.1) is 29.6 Å². The quantitative estimate of drug-likeness (QED) is 0.241. The van der Waals surface area contributed by atoms with Crippen LogP contribution in [0.15, 0.2) is 89.5 Å². The highest BCUT2D eigenvalue weighted by Crippen LogP contribution is 2.39. The number of amides is 1. The number of para-hydroxylation sites is 1. The topological polar surface area (TPSA) is 64.8 Å². The summed E-state index contributed by atoms with van der Waals surface area (Å²) >= 11 is 7.74. The van der Waals surface area contributed by atoms with Gasteiger partial charge in [-0.1, -0.05) is 47.2 Å². The molecule has 6 nitrogen and oxygen atoms in total. The molecule has 5 rings (SSSR count). The van der Waals surface area contributed by atoms with E-state index in [0.29, 0.717) is 44.2 Å². The number of benzene rings is 3. The van der Waals surface area contributed by atoms with Gasteiger partial charge in [0.15, 0.2) is 5.13 Å². The zero-order valence-corrected chi connectivity index (χ0v) is 19.7. The zero-order valence-electron chi connectivity index (χ0n) is 18.1. The number of aromatic nitrogens is 1. The van der Waals surface area contributed by atoms with Gasteiger partial charge in [0.2, 0.25) is 0 Å². The summed E-state index contributed by atoms with van der Waals surface area (Å²) in [6.07, 6.45) is 1.57. The molecule has 2 heterocycles. The molecule has 0 aliphatic heterocycles. The second-order valence-electron chi connectivity index (χ2n) is 7.34. The Balaban J connectivity index is 1.53. The largest absolute Gasteiger partial charge is 0.494 e. The van der Waals surface area contributed by atoms with Crippen molar-refractivity contribution in [1.82, 2.24) is 4.98 Å². The van der Waals surface area contributed by atoms with Gasteiger partial charge in [-0.2, -0.15) is 0 Å². The Morgan fingerprint density at radius 2 is 1.85 bits per heavy atom. The zero-order chi connectivity index (χ0) is 23.5. The molecule has 0 fully saturated rings. The summed E-state index contributed by atoms with van der Waals surface area (Å²) in [6, 6.07) is 23.6. The van der Waals surface area contributed by atoms with Crippen LogP contribution in [-0.2, 0) is 6.54 Å². The van der Waals surface area contributed by atoms with E-state index in [0.717, 1.165) is 4.70 Å². The number of halogens is 1. The van der Waals surface area contributed by atoms with Crippen LogP contribution in [0.1, 0.15) is 16.1 Å². The van der Waals surface area contributed by atoms with Crippen molar-refractivity contribution in [3.05, 3.63) is 101 Å². The van der Waals surface area contributed by atoms with Crippen LogP contribution in [0.4, 0.5) is 5.13 Å². The molecule has 170 valence electrons. The number of thiazole rings is 1. The minimum Gasteiger partial charge on any atom is -0.494 e. The second kappa shape index (κ2) is 9.59. The first-order valence-electron chi connectivity index (χ1n) is 10.4. The summed E-state index contributed by atoms with van der Waals surface area (Å²) in [5.74, 6) is 2.22. The minimum atomic E-state index is -0.246. The van der Waals surface area contributed by atoms with E-state index in [1.54, 1.807) is 54.7 Å². The normalized spacial score (nSPS) is 10.9. The van der Waals surface area contributed by atoms with Crippen molar-refractivity contribution >= 4 is 44.2 Å². The Kier molecular flexibility index (Phi) is 6.20. The van der Waals surface area contributed by atoms with Crippen LogP contribution < -0.4 is 14.4 Å². The average Bonchev–Trinajstić information content (AvgIpc) is 3.54. The van der Waals surface area contributed by atoms with Gasteiger partial charge in [-0.05, 0) is 54.6 Å². The lowest BCUT2D eigenvalue weighted by molar-refractivity contribution is 0.0983. The van der Waals surface area contributed by atoms with E-state index in [2.05, 4.69) is 0 Å². The second-order valence-corrected chi connectivity index (χ2v) is 8.72. The average molecular weight is 491 g/mol. The number of anilines is 1. The van der Waals surface area contributed by atoms with Gasteiger partial charge >= 0.3 is 0 Å². The van der Waals surface area contributed by atoms with Crippen LogP contribution in [0.3, 0.4) is 0 Å². The highest BCUT2D eigenvalue weighted by atomic mass is 35.5. The predicted octanol–water partition coefficient (Wildman–Crippen LogP) is 7.19. The van der Waals surface area contributed by atoms with Crippen LogP contribution >= 0.6 is 22.9 Å². The molecule has 2 aromatic heterocycles.